The fourth-order valence-corrected chi connectivity index (χ4v) is 5.42. The Kier molecular flexibility index (Phi) is 5.38. The molecule has 4 aromatic rings. The molecule has 2 aliphatic heterocycles. The van der Waals surface area contributed by atoms with E-state index in [0.717, 1.165) is 64.8 Å². The molecule has 6 rings (SSSR count). The van der Waals surface area contributed by atoms with Crippen LogP contribution >= 0.6 is 11.3 Å². The summed E-state index contributed by atoms with van der Waals surface area (Å²) in [5.74, 6) is 7.51. The van der Waals surface area contributed by atoms with Crippen molar-refractivity contribution < 1.29 is 0 Å². The second kappa shape index (κ2) is 8.81. The number of hydrogen-bond acceptors (Lipinski definition) is 7. The van der Waals surface area contributed by atoms with Crippen LogP contribution in [-0.4, -0.2) is 34.1 Å². The lowest BCUT2D eigenvalue weighted by Crippen LogP contribution is -2.20. The first-order valence-electron chi connectivity index (χ1n) is 11.4. The van der Waals surface area contributed by atoms with Crippen molar-refractivity contribution in [3.8, 4) is 11.8 Å². The highest BCUT2D eigenvalue weighted by atomic mass is 32.1. The minimum atomic E-state index is 0.308. The van der Waals surface area contributed by atoms with Crippen molar-refractivity contribution in [2.75, 3.05) is 23.3 Å². The Morgan fingerprint density at radius 2 is 2.15 bits per heavy atom. The summed E-state index contributed by atoms with van der Waals surface area (Å²) in [6.45, 7) is 2.91. The van der Waals surface area contributed by atoms with Gasteiger partial charge in [0.2, 0.25) is 0 Å². The van der Waals surface area contributed by atoms with Crippen molar-refractivity contribution in [2.45, 2.75) is 31.8 Å². The Labute approximate surface area is 197 Å². The summed E-state index contributed by atoms with van der Waals surface area (Å²) in [4.78, 5) is 16.9. The first-order valence-corrected chi connectivity index (χ1v) is 12.2. The number of hydrogen-bond donors (Lipinski definition) is 2. The third-order valence-electron chi connectivity index (χ3n) is 6.15. The third kappa shape index (κ3) is 4.28. The molecule has 1 fully saturated rings. The van der Waals surface area contributed by atoms with Gasteiger partial charge in [0.25, 0.3) is 0 Å². The summed E-state index contributed by atoms with van der Waals surface area (Å²) >= 11 is 1.65. The number of nitrogens with zero attached hydrogens (tertiary/aromatic N) is 4. The largest absolute Gasteiger partial charge is 0.365 e. The Morgan fingerprint density at radius 1 is 1.15 bits per heavy atom. The van der Waals surface area contributed by atoms with Crippen molar-refractivity contribution in [3.63, 3.8) is 0 Å². The predicted octanol–water partition coefficient (Wildman–Crippen LogP) is 4.50. The molecule has 5 heterocycles. The molecule has 2 aliphatic rings. The number of pyridine rings is 1. The van der Waals surface area contributed by atoms with E-state index in [4.69, 9.17) is 0 Å². The zero-order valence-corrected chi connectivity index (χ0v) is 19.0. The quantitative estimate of drug-likeness (QED) is 0.445. The second-order valence-corrected chi connectivity index (χ2v) is 9.48. The van der Waals surface area contributed by atoms with E-state index in [1.54, 1.807) is 17.7 Å². The van der Waals surface area contributed by atoms with Gasteiger partial charge in [-0.2, -0.15) is 0 Å². The molecule has 0 aliphatic carbocycles. The van der Waals surface area contributed by atoms with Crippen LogP contribution in [0.2, 0.25) is 0 Å². The van der Waals surface area contributed by atoms with Crippen LogP contribution in [0.5, 0.6) is 0 Å². The van der Waals surface area contributed by atoms with E-state index in [1.165, 1.54) is 17.7 Å². The van der Waals surface area contributed by atoms with Crippen LogP contribution in [0.1, 0.15) is 29.0 Å². The summed E-state index contributed by atoms with van der Waals surface area (Å²) < 4.78 is 1.04. The number of fused-ring (bicyclic) bond motifs is 2. The van der Waals surface area contributed by atoms with E-state index in [-0.39, 0.29) is 0 Å². The molecule has 0 amide bonds. The van der Waals surface area contributed by atoms with Gasteiger partial charge >= 0.3 is 0 Å². The molecule has 1 saturated heterocycles. The van der Waals surface area contributed by atoms with Gasteiger partial charge in [-0.05, 0) is 67.8 Å². The summed E-state index contributed by atoms with van der Waals surface area (Å²) in [6.07, 6.45) is 6.84. The molecular weight excluding hydrogens is 428 g/mol. The molecule has 0 spiro atoms. The molecular formula is C26H24N6S. The first kappa shape index (κ1) is 20.2. The SMILES string of the molecule is C(#C[C@H]1CCCN1)c1cc2ncnc(Nc3ccc4c(c3)CCN4Cc3ccccn3)c2s1. The number of benzene rings is 1. The van der Waals surface area contributed by atoms with Crippen LogP contribution in [0.25, 0.3) is 10.2 Å². The van der Waals surface area contributed by atoms with Gasteiger partial charge in [-0.1, -0.05) is 17.9 Å². The highest BCUT2D eigenvalue weighted by Crippen LogP contribution is 2.34. The number of thiophene rings is 1. The van der Waals surface area contributed by atoms with Gasteiger partial charge < -0.3 is 15.5 Å². The molecule has 164 valence electrons. The Hall–Kier alpha value is -3.47. The van der Waals surface area contributed by atoms with Crippen LogP contribution in [0, 0.1) is 11.8 Å². The maximum atomic E-state index is 4.53. The molecule has 33 heavy (non-hydrogen) atoms. The minimum Gasteiger partial charge on any atom is -0.365 e. The monoisotopic (exact) mass is 452 g/mol. The number of anilines is 3. The van der Waals surface area contributed by atoms with Crippen LogP contribution in [0.4, 0.5) is 17.2 Å². The van der Waals surface area contributed by atoms with Crippen LogP contribution in [-0.2, 0) is 13.0 Å². The number of nitrogens with one attached hydrogen (secondary N) is 2. The average Bonchev–Trinajstić information content (AvgIpc) is 3.59. The molecule has 0 unspecified atom stereocenters. The van der Waals surface area contributed by atoms with Gasteiger partial charge in [0, 0.05) is 24.1 Å². The molecule has 6 nitrogen and oxygen atoms in total. The van der Waals surface area contributed by atoms with Crippen LogP contribution < -0.4 is 15.5 Å². The lowest BCUT2D eigenvalue weighted by atomic mass is 10.1. The summed E-state index contributed by atoms with van der Waals surface area (Å²) in [7, 11) is 0. The predicted molar refractivity (Wildman–Crippen MR) is 134 cm³/mol. The van der Waals surface area contributed by atoms with Crippen molar-refractivity contribution in [1.82, 2.24) is 20.3 Å². The van der Waals surface area contributed by atoms with Crippen LogP contribution in [0.15, 0.2) is 55.0 Å². The smallest absolute Gasteiger partial charge is 0.151 e. The van der Waals surface area contributed by atoms with Gasteiger partial charge in [0.05, 0.1) is 33.4 Å². The van der Waals surface area contributed by atoms with Gasteiger partial charge in [-0.3, -0.25) is 4.98 Å². The molecule has 0 bridgehead atoms. The fourth-order valence-electron chi connectivity index (χ4n) is 4.51. The van der Waals surface area contributed by atoms with Crippen molar-refractivity contribution in [3.05, 3.63) is 71.1 Å². The molecule has 1 aromatic carbocycles. The number of rotatable bonds is 4. The molecule has 3 aromatic heterocycles. The van der Waals surface area contributed by atoms with E-state index >= 15 is 0 Å². The van der Waals surface area contributed by atoms with Crippen LogP contribution in [0.3, 0.4) is 0 Å². The number of aromatic nitrogens is 3. The highest BCUT2D eigenvalue weighted by molar-refractivity contribution is 7.20. The lowest BCUT2D eigenvalue weighted by molar-refractivity contribution is 0.749. The zero-order valence-electron chi connectivity index (χ0n) is 18.2. The lowest BCUT2D eigenvalue weighted by Gasteiger charge is -2.19. The Bertz CT molecular complexity index is 1350. The Balaban J connectivity index is 1.22. The molecule has 1 atom stereocenters. The van der Waals surface area contributed by atoms with Crippen molar-refractivity contribution in [1.29, 1.82) is 0 Å². The second-order valence-electron chi connectivity index (χ2n) is 8.43. The fraction of sp³-hybridized carbons (Fsp3) is 0.269. The van der Waals surface area contributed by atoms with Crippen molar-refractivity contribution >= 4 is 38.7 Å². The zero-order chi connectivity index (χ0) is 22.0. The summed E-state index contributed by atoms with van der Waals surface area (Å²) in [5, 5.41) is 6.94. The molecule has 0 saturated carbocycles. The Morgan fingerprint density at radius 3 is 3.03 bits per heavy atom. The van der Waals surface area contributed by atoms with Gasteiger partial charge in [0.1, 0.15) is 6.33 Å². The topological polar surface area (TPSA) is 66.0 Å². The van der Waals surface area contributed by atoms with E-state index in [2.05, 4.69) is 72.7 Å². The molecule has 0 radical (unpaired) electrons. The van der Waals surface area contributed by atoms with Gasteiger partial charge in [0.15, 0.2) is 5.82 Å². The molecule has 7 heteroatoms. The maximum absolute atomic E-state index is 4.53. The first-order chi connectivity index (χ1) is 16.3. The summed E-state index contributed by atoms with van der Waals surface area (Å²) in [5.41, 5.74) is 5.71. The minimum absolute atomic E-state index is 0.308. The highest BCUT2D eigenvalue weighted by Gasteiger charge is 2.20. The van der Waals surface area contributed by atoms with Gasteiger partial charge in [-0.15, -0.1) is 11.3 Å². The van der Waals surface area contributed by atoms with Gasteiger partial charge in [-0.25, -0.2) is 9.97 Å². The van der Waals surface area contributed by atoms with E-state index in [9.17, 15) is 0 Å². The van der Waals surface area contributed by atoms with E-state index in [0.29, 0.717) is 6.04 Å². The molecule has 2 N–H and O–H groups in total. The standard InChI is InChI=1S/C26H24N6S/c1-2-11-28-21(4-1)16-32-13-10-18-14-20(7-9-24(18)32)31-26-25-23(29-17-30-26)15-22(33-25)8-6-19-5-3-12-27-19/h1-2,4,7,9,11,14-15,17,19,27H,3,5,10,12-13,16H2,(H,29,30,31)/t19-/m1/s1. The normalized spacial score (nSPS) is 17.1. The van der Waals surface area contributed by atoms with E-state index < -0.39 is 0 Å². The average molecular weight is 453 g/mol. The van der Waals surface area contributed by atoms with E-state index in [1.807, 2.05) is 18.3 Å². The maximum Gasteiger partial charge on any atom is 0.151 e. The van der Waals surface area contributed by atoms with Crippen molar-refractivity contribution in [2.24, 2.45) is 0 Å². The third-order valence-corrected chi connectivity index (χ3v) is 7.20. The summed E-state index contributed by atoms with van der Waals surface area (Å²) in [6, 6.07) is 15.0.